The molecule has 0 aromatic heterocycles. The topological polar surface area (TPSA) is 72.2 Å². The number of hydrogen-bond donors (Lipinski definition) is 1. The lowest BCUT2D eigenvalue weighted by Crippen LogP contribution is -2.21. The maximum absolute atomic E-state index is 11.2. The number of benzene rings is 1. The first-order chi connectivity index (χ1) is 7.91. The van der Waals surface area contributed by atoms with Gasteiger partial charge < -0.3 is 5.32 Å². The predicted molar refractivity (Wildman–Crippen MR) is 72.8 cm³/mol. The first-order valence-electron chi connectivity index (χ1n) is 4.92. The monoisotopic (exact) mass is 320 g/mol. The number of nitrogens with one attached hydrogen (secondary N) is 1. The molecule has 5 nitrogen and oxygen atoms in total. The van der Waals surface area contributed by atoms with Gasteiger partial charge in [-0.1, -0.05) is 15.9 Å². The van der Waals surface area contributed by atoms with Crippen molar-refractivity contribution in [3.05, 3.63) is 32.8 Å². The van der Waals surface area contributed by atoms with Crippen LogP contribution in [0.25, 0.3) is 0 Å². The van der Waals surface area contributed by atoms with Crippen LogP contribution in [-0.2, 0) is 10.8 Å². The van der Waals surface area contributed by atoms with Gasteiger partial charge in [0, 0.05) is 39.4 Å². The lowest BCUT2D eigenvalue weighted by Gasteiger charge is -2.11. The standard InChI is InChI=1S/C10H13BrN2O3S/c1-7(17(2)16)6-12-9-5-8(11)3-4-10(9)13(14)15/h3-5,7,12H,6H2,1-2H3. The van der Waals surface area contributed by atoms with E-state index in [0.29, 0.717) is 12.2 Å². The molecule has 0 aliphatic rings. The number of nitro groups is 1. The summed E-state index contributed by atoms with van der Waals surface area (Å²) in [4.78, 5) is 10.4. The highest BCUT2D eigenvalue weighted by Gasteiger charge is 2.15. The molecule has 0 spiro atoms. The zero-order valence-electron chi connectivity index (χ0n) is 9.47. The molecule has 2 unspecified atom stereocenters. The van der Waals surface area contributed by atoms with Gasteiger partial charge in [-0.3, -0.25) is 14.3 Å². The average Bonchev–Trinajstić information content (AvgIpc) is 2.25. The fraction of sp³-hybridized carbons (Fsp3) is 0.400. The van der Waals surface area contributed by atoms with Crippen LogP contribution in [0.1, 0.15) is 6.92 Å². The highest BCUT2D eigenvalue weighted by atomic mass is 79.9. The molecule has 17 heavy (non-hydrogen) atoms. The fourth-order valence-electron chi connectivity index (χ4n) is 1.18. The van der Waals surface area contributed by atoms with Gasteiger partial charge in [-0.2, -0.15) is 0 Å². The second-order valence-electron chi connectivity index (χ2n) is 3.61. The molecule has 1 N–H and O–H groups in total. The number of anilines is 1. The Morgan fingerprint density at radius 1 is 1.59 bits per heavy atom. The Bertz CT molecular complexity index is 453. The summed E-state index contributed by atoms with van der Waals surface area (Å²) >= 11 is 3.26. The van der Waals surface area contributed by atoms with E-state index in [4.69, 9.17) is 0 Å². The quantitative estimate of drug-likeness (QED) is 0.668. The molecule has 0 aliphatic carbocycles. The molecule has 0 heterocycles. The fourth-order valence-corrected chi connectivity index (χ4v) is 1.86. The Morgan fingerprint density at radius 2 is 2.24 bits per heavy atom. The first-order valence-corrected chi connectivity index (χ1v) is 7.33. The van der Waals surface area contributed by atoms with E-state index in [0.717, 1.165) is 4.47 Å². The molecule has 1 aromatic rings. The number of nitrogens with zero attached hydrogens (tertiary/aromatic N) is 1. The molecule has 0 bridgehead atoms. The number of nitro benzene ring substituents is 1. The third-order valence-electron chi connectivity index (χ3n) is 2.30. The number of hydrogen-bond acceptors (Lipinski definition) is 4. The summed E-state index contributed by atoms with van der Waals surface area (Å²) in [6.07, 6.45) is 1.61. The molecular weight excluding hydrogens is 308 g/mol. The van der Waals surface area contributed by atoms with Crippen molar-refractivity contribution >= 4 is 38.1 Å². The zero-order chi connectivity index (χ0) is 13.0. The smallest absolute Gasteiger partial charge is 0.292 e. The van der Waals surface area contributed by atoms with E-state index < -0.39 is 15.7 Å². The van der Waals surface area contributed by atoms with E-state index in [-0.39, 0.29) is 10.9 Å². The van der Waals surface area contributed by atoms with E-state index in [1.807, 2.05) is 6.92 Å². The van der Waals surface area contributed by atoms with E-state index in [2.05, 4.69) is 21.2 Å². The van der Waals surface area contributed by atoms with Gasteiger partial charge in [0.25, 0.3) is 5.69 Å². The van der Waals surface area contributed by atoms with Gasteiger partial charge in [0.1, 0.15) is 5.69 Å². The third kappa shape index (κ3) is 4.08. The molecule has 0 saturated heterocycles. The van der Waals surface area contributed by atoms with Crippen molar-refractivity contribution in [2.24, 2.45) is 0 Å². The van der Waals surface area contributed by atoms with Crippen LogP contribution in [0.15, 0.2) is 22.7 Å². The summed E-state index contributed by atoms with van der Waals surface area (Å²) in [7, 11) is -0.951. The summed E-state index contributed by atoms with van der Waals surface area (Å²) in [6.45, 7) is 2.26. The highest BCUT2D eigenvalue weighted by Crippen LogP contribution is 2.27. The molecule has 7 heteroatoms. The molecule has 2 atom stereocenters. The molecule has 0 saturated carbocycles. The van der Waals surface area contributed by atoms with Crippen LogP contribution in [0, 0.1) is 10.1 Å². The molecule has 1 rings (SSSR count). The first kappa shape index (κ1) is 14.1. The molecule has 0 amide bonds. The third-order valence-corrected chi connectivity index (χ3v) is 4.10. The number of rotatable bonds is 5. The van der Waals surface area contributed by atoms with Crippen molar-refractivity contribution in [3.63, 3.8) is 0 Å². The Kier molecular flexibility index (Phi) is 5.07. The lowest BCUT2D eigenvalue weighted by atomic mass is 10.2. The van der Waals surface area contributed by atoms with Crippen molar-refractivity contribution < 1.29 is 9.13 Å². The lowest BCUT2D eigenvalue weighted by molar-refractivity contribution is -0.384. The van der Waals surface area contributed by atoms with Gasteiger partial charge in [-0.25, -0.2) is 0 Å². The van der Waals surface area contributed by atoms with E-state index in [1.54, 1.807) is 18.4 Å². The SMILES string of the molecule is CC(CNc1cc(Br)ccc1[N+](=O)[O-])S(C)=O. The predicted octanol–water partition coefficient (Wildman–Crippen LogP) is 2.54. The van der Waals surface area contributed by atoms with Crippen molar-refractivity contribution in [1.29, 1.82) is 0 Å². The molecule has 0 fully saturated rings. The van der Waals surface area contributed by atoms with Crippen LogP contribution in [0.5, 0.6) is 0 Å². The van der Waals surface area contributed by atoms with Gasteiger partial charge in [0.15, 0.2) is 0 Å². The van der Waals surface area contributed by atoms with Crippen LogP contribution in [0.4, 0.5) is 11.4 Å². The average molecular weight is 321 g/mol. The van der Waals surface area contributed by atoms with Crippen LogP contribution in [0.2, 0.25) is 0 Å². The van der Waals surface area contributed by atoms with Crippen LogP contribution in [0.3, 0.4) is 0 Å². The van der Waals surface area contributed by atoms with Gasteiger partial charge in [0.05, 0.1) is 4.92 Å². The zero-order valence-corrected chi connectivity index (χ0v) is 11.9. The highest BCUT2D eigenvalue weighted by molar-refractivity contribution is 9.10. The summed E-state index contributed by atoms with van der Waals surface area (Å²) in [6, 6.07) is 4.69. The van der Waals surface area contributed by atoms with E-state index in [1.165, 1.54) is 6.07 Å². The second-order valence-corrected chi connectivity index (χ2v) is 6.33. The minimum absolute atomic E-state index is 0.0160. The Labute approximate surface area is 110 Å². The normalized spacial score (nSPS) is 14.1. The summed E-state index contributed by atoms with van der Waals surface area (Å²) in [5, 5.41) is 13.7. The Hall–Kier alpha value is -0.950. The maximum atomic E-state index is 11.2. The molecular formula is C10H13BrN2O3S. The van der Waals surface area contributed by atoms with Crippen molar-refractivity contribution in [2.45, 2.75) is 12.2 Å². The largest absolute Gasteiger partial charge is 0.378 e. The van der Waals surface area contributed by atoms with E-state index >= 15 is 0 Å². The second kappa shape index (κ2) is 6.11. The van der Waals surface area contributed by atoms with Crippen LogP contribution in [-0.4, -0.2) is 27.2 Å². The van der Waals surface area contributed by atoms with Crippen LogP contribution < -0.4 is 5.32 Å². The van der Waals surface area contributed by atoms with Gasteiger partial charge in [0.2, 0.25) is 0 Å². The molecule has 0 aliphatic heterocycles. The van der Waals surface area contributed by atoms with Gasteiger partial charge in [-0.05, 0) is 19.1 Å². The summed E-state index contributed by atoms with van der Waals surface area (Å²) in [5.74, 6) is 0. The summed E-state index contributed by atoms with van der Waals surface area (Å²) < 4.78 is 11.9. The van der Waals surface area contributed by atoms with Crippen LogP contribution >= 0.6 is 15.9 Å². The van der Waals surface area contributed by atoms with Gasteiger partial charge >= 0.3 is 0 Å². The molecule has 0 radical (unpaired) electrons. The van der Waals surface area contributed by atoms with Crippen molar-refractivity contribution in [3.8, 4) is 0 Å². The molecule has 1 aromatic carbocycles. The van der Waals surface area contributed by atoms with E-state index in [9.17, 15) is 14.3 Å². The summed E-state index contributed by atoms with van der Waals surface area (Å²) in [5.41, 5.74) is 0.448. The molecule has 94 valence electrons. The van der Waals surface area contributed by atoms with Crippen molar-refractivity contribution in [1.82, 2.24) is 0 Å². The minimum Gasteiger partial charge on any atom is -0.378 e. The van der Waals surface area contributed by atoms with Gasteiger partial charge in [-0.15, -0.1) is 0 Å². The number of halogens is 1. The maximum Gasteiger partial charge on any atom is 0.292 e. The van der Waals surface area contributed by atoms with Crippen molar-refractivity contribution in [2.75, 3.05) is 18.1 Å². The minimum atomic E-state index is -0.951. The Morgan fingerprint density at radius 3 is 2.76 bits per heavy atom. The Balaban J connectivity index is 2.85.